The summed E-state index contributed by atoms with van der Waals surface area (Å²) in [7, 11) is 1.53. The van der Waals surface area contributed by atoms with Crippen molar-refractivity contribution in [2.75, 3.05) is 20.2 Å². The van der Waals surface area contributed by atoms with Crippen molar-refractivity contribution in [2.24, 2.45) is 0 Å². The minimum absolute atomic E-state index is 0.108. The average molecular weight is 234 g/mol. The van der Waals surface area contributed by atoms with E-state index in [0.717, 1.165) is 5.69 Å². The average Bonchev–Trinajstić information content (AvgIpc) is 2.29. The van der Waals surface area contributed by atoms with Gasteiger partial charge in [-0.1, -0.05) is 12.0 Å². The van der Waals surface area contributed by atoms with Gasteiger partial charge >= 0.3 is 5.97 Å². The van der Waals surface area contributed by atoms with E-state index in [9.17, 15) is 4.79 Å². The fourth-order valence-electron chi connectivity index (χ4n) is 1.38. The summed E-state index contributed by atoms with van der Waals surface area (Å²) in [6, 6.07) is 5.33. The van der Waals surface area contributed by atoms with Crippen LogP contribution in [0.2, 0.25) is 0 Å². The highest BCUT2D eigenvalue weighted by Crippen LogP contribution is 2.08. The number of rotatable bonds is 6. The minimum Gasteiger partial charge on any atom is -0.481 e. The number of terminal acetylenes is 1. The summed E-state index contributed by atoms with van der Waals surface area (Å²) in [4.78, 5) is 16.5. The Morgan fingerprint density at radius 2 is 2.41 bits per heavy atom. The molecule has 0 saturated heterocycles. The van der Waals surface area contributed by atoms with Crippen LogP contribution in [0.15, 0.2) is 18.2 Å². The topological polar surface area (TPSA) is 62.7 Å². The molecule has 0 fully saturated rings. The predicted molar refractivity (Wildman–Crippen MR) is 62.5 cm³/mol. The molecule has 0 radical (unpaired) electrons. The van der Waals surface area contributed by atoms with Gasteiger partial charge in [0.05, 0.1) is 25.9 Å². The first-order valence-corrected chi connectivity index (χ1v) is 5.03. The first-order valence-electron chi connectivity index (χ1n) is 5.03. The first-order chi connectivity index (χ1) is 8.15. The third-order valence-corrected chi connectivity index (χ3v) is 2.05. The maximum atomic E-state index is 10.6. The number of nitrogens with zero attached hydrogens (tertiary/aromatic N) is 2. The molecule has 17 heavy (non-hydrogen) atoms. The lowest BCUT2D eigenvalue weighted by molar-refractivity contribution is -0.138. The Morgan fingerprint density at radius 1 is 1.65 bits per heavy atom. The molecule has 5 nitrogen and oxygen atoms in total. The maximum Gasteiger partial charge on any atom is 0.317 e. The van der Waals surface area contributed by atoms with Gasteiger partial charge in [0.25, 0.3) is 0 Å². The molecule has 5 heteroatoms. The molecule has 1 heterocycles. The highest BCUT2D eigenvalue weighted by atomic mass is 16.5. The number of carboxylic acid groups (broad SMARTS) is 1. The van der Waals surface area contributed by atoms with E-state index in [2.05, 4.69) is 10.9 Å². The standard InChI is InChI=1S/C12H14N2O3/c1-3-7-14(9-12(15)16)8-10-5-4-6-11(13-10)17-2/h1,4-6H,7-9H2,2H3,(H,15,16). The van der Waals surface area contributed by atoms with Crippen molar-refractivity contribution in [3.05, 3.63) is 23.9 Å². The van der Waals surface area contributed by atoms with E-state index in [4.69, 9.17) is 16.3 Å². The molecule has 1 aromatic rings. The summed E-state index contributed by atoms with van der Waals surface area (Å²) in [5, 5.41) is 8.73. The molecular weight excluding hydrogens is 220 g/mol. The fraction of sp³-hybridized carbons (Fsp3) is 0.333. The van der Waals surface area contributed by atoms with Gasteiger partial charge in [0.1, 0.15) is 0 Å². The number of aliphatic carboxylic acids is 1. The van der Waals surface area contributed by atoms with Crippen molar-refractivity contribution in [1.29, 1.82) is 0 Å². The van der Waals surface area contributed by atoms with Gasteiger partial charge in [-0.2, -0.15) is 0 Å². The van der Waals surface area contributed by atoms with Crippen molar-refractivity contribution >= 4 is 5.97 Å². The zero-order chi connectivity index (χ0) is 12.7. The largest absolute Gasteiger partial charge is 0.481 e. The summed E-state index contributed by atoms with van der Waals surface area (Å²) >= 11 is 0. The molecule has 0 aliphatic carbocycles. The number of aromatic nitrogens is 1. The number of ether oxygens (including phenoxy) is 1. The third-order valence-electron chi connectivity index (χ3n) is 2.05. The van der Waals surface area contributed by atoms with Crippen LogP contribution in [0.3, 0.4) is 0 Å². The van der Waals surface area contributed by atoms with Crippen molar-refractivity contribution in [3.8, 4) is 18.2 Å². The molecule has 0 saturated carbocycles. The number of carbonyl (C=O) groups is 1. The summed E-state index contributed by atoms with van der Waals surface area (Å²) < 4.78 is 4.99. The van der Waals surface area contributed by atoms with Crippen LogP contribution in [0, 0.1) is 12.3 Å². The quantitative estimate of drug-likeness (QED) is 0.731. The fourth-order valence-corrected chi connectivity index (χ4v) is 1.38. The number of carboxylic acids is 1. The molecular formula is C12H14N2O3. The first kappa shape index (κ1) is 13.0. The van der Waals surface area contributed by atoms with Crippen LogP contribution in [0.1, 0.15) is 5.69 Å². The van der Waals surface area contributed by atoms with Gasteiger partial charge in [-0.15, -0.1) is 6.42 Å². The van der Waals surface area contributed by atoms with Crippen LogP contribution in [0.4, 0.5) is 0 Å². The van der Waals surface area contributed by atoms with Gasteiger partial charge in [-0.25, -0.2) is 4.98 Å². The number of hydrogen-bond acceptors (Lipinski definition) is 4. The number of hydrogen-bond donors (Lipinski definition) is 1. The van der Waals surface area contributed by atoms with Gasteiger partial charge in [0.2, 0.25) is 5.88 Å². The third kappa shape index (κ3) is 4.53. The van der Waals surface area contributed by atoms with Gasteiger partial charge in [-0.3, -0.25) is 9.69 Å². The van der Waals surface area contributed by atoms with Crippen LogP contribution >= 0.6 is 0 Å². The predicted octanol–water partition coefficient (Wildman–Crippen LogP) is 0.610. The molecule has 0 aliphatic rings. The lowest BCUT2D eigenvalue weighted by Crippen LogP contribution is -2.30. The Labute approximate surface area is 100 Å². The van der Waals surface area contributed by atoms with Crippen molar-refractivity contribution in [3.63, 3.8) is 0 Å². The summed E-state index contributed by atoms with van der Waals surface area (Å²) in [5.41, 5.74) is 0.723. The number of methoxy groups -OCH3 is 1. The Balaban J connectivity index is 2.71. The van der Waals surface area contributed by atoms with Gasteiger partial charge < -0.3 is 9.84 Å². The van der Waals surface area contributed by atoms with E-state index in [0.29, 0.717) is 12.4 Å². The van der Waals surface area contributed by atoms with Crippen LogP contribution in [-0.4, -0.2) is 41.2 Å². The molecule has 0 spiro atoms. The molecule has 1 aromatic heterocycles. The Bertz CT molecular complexity index is 426. The monoisotopic (exact) mass is 234 g/mol. The number of pyridine rings is 1. The molecule has 0 aliphatic heterocycles. The van der Waals surface area contributed by atoms with E-state index in [1.54, 1.807) is 23.1 Å². The molecule has 0 unspecified atom stereocenters. The van der Waals surface area contributed by atoms with Crippen LogP contribution in [0.25, 0.3) is 0 Å². The Morgan fingerprint density at radius 3 is 3.00 bits per heavy atom. The zero-order valence-electron chi connectivity index (χ0n) is 9.59. The minimum atomic E-state index is -0.914. The van der Waals surface area contributed by atoms with E-state index >= 15 is 0 Å². The van der Waals surface area contributed by atoms with Gasteiger partial charge in [0, 0.05) is 12.6 Å². The second-order valence-electron chi connectivity index (χ2n) is 3.41. The van der Waals surface area contributed by atoms with Crippen molar-refractivity contribution in [1.82, 2.24) is 9.88 Å². The maximum absolute atomic E-state index is 10.6. The second-order valence-corrected chi connectivity index (χ2v) is 3.41. The van der Waals surface area contributed by atoms with Crippen molar-refractivity contribution in [2.45, 2.75) is 6.54 Å². The molecule has 0 bridgehead atoms. The van der Waals surface area contributed by atoms with Gasteiger partial charge in [0.15, 0.2) is 0 Å². The Kier molecular flexibility index (Phi) is 4.98. The molecule has 0 aromatic carbocycles. The van der Waals surface area contributed by atoms with E-state index in [1.165, 1.54) is 7.11 Å². The molecule has 1 rings (SSSR count). The zero-order valence-corrected chi connectivity index (χ0v) is 9.59. The normalized spacial score (nSPS) is 9.94. The lowest BCUT2D eigenvalue weighted by Gasteiger charge is -2.16. The Hall–Kier alpha value is -2.06. The van der Waals surface area contributed by atoms with Crippen molar-refractivity contribution < 1.29 is 14.6 Å². The SMILES string of the molecule is C#CCN(CC(=O)O)Cc1cccc(OC)n1. The van der Waals surface area contributed by atoms with E-state index in [-0.39, 0.29) is 13.1 Å². The van der Waals surface area contributed by atoms with Crippen LogP contribution in [-0.2, 0) is 11.3 Å². The van der Waals surface area contributed by atoms with E-state index < -0.39 is 5.97 Å². The molecule has 90 valence electrons. The van der Waals surface area contributed by atoms with Gasteiger partial charge in [-0.05, 0) is 6.07 Å². The smallest absolute Gasteiger partial charge is 0.317 e. The summed E-state index contributed by atoms with van der Waals surface area (Å²) in [6.45, 7) is 0.544. The van der Waals surface area contributed by atoms with E-state index in [1.807, 2.05) is 0 Å². The van der Waals surface area contributed by atoms with Crippen LogP contribution in [0.5, 0.6) is 5.88 Å². The lowest BCUT2D eigenvalue weighted by atomic mass is 10.3. The van der Waals surface area contributed by atoms with Crippen LogP contribution < -0.4 is 4.74 Å². The highest BCUT2D eigenvalue weighted by molar-refractivity contribution is 5.69. The summed E-state index contributed by atoms with van der Waals surface area (Å²) in [5.74, 6) is 2.01. The highest BCUT2D eigenvalue weighted by Gasteiger charge is 2.10. The second kappa shape index (κ2) is 6.51. The molecule has 0 amide bonds. The molecule has 1 N–H and O–H groups in total. The summed E-state index contributed by atoms with van der Waals surface area (Å²) in [6.07, 6.45) is 5.19. The molecule has 0 atom stereocenters.